The molecule has 2 rings (SSSR count). The standard InChI is InChI=1S/C18H24O3S.K/c1-3-5-8-14-9-7-11-16-15(14)12-13-18(22(19,20)21)17(16)10-6-4-2;/h7,9,11-13H,3-6,8,10H2,1-2H3,(H,19,20,21);/q;+1/p-1. The zero-order chi connectivity index (χ0) is 16.2. The monoisotopic (exact) mass is 358 g/mol. The third-order valence-electron chi connectivity index (χ3n) is 4.07. The predicted molar refractivity (Wildman–Crippen MR) is 89.1 cm³/mol. The first-order valence-corrected chi connectivity index (χ1v) is 9.39. The van der Waals surface area contributed by atoms with Crippen LogP contribution in [0.3, 0.4) is 0 Å². The van der Waals surface area contributed by atoms with Crippen molar-refractivity contribution < 1.29 is 64.4 Å². The molecule has 2 aromatic carbocycles. The zero-order valence-electron chi connectivity index (χ0n) is 14.3. The molecule has 0 unspecified atom stereocenters. The Bertz CT molecular complexity index is 754. The van der Waals surface area contributed by atoms with E-state index in [1.54, 1.807) is 6.07 Å². The van der Waals surface area contributed by atoms with Gasteiger partial charge in [0.25, 0.3) is 0 Å². The van der Waals surface area contributed by atoms with Crippen LogP contribution in [-0.2, 0) is 23.0 Å². The van der Waals surface area contributed by atoms with Gasteiger partial charge >= 0.3 is 51.4 Å². The van der Waals surface area contributed by atoms with Crippen molar-refractivity contribution in [2.45, 2.75) is 57.3 Å². The molecule has 0 amide bonds. The van der Waals surface area contributed by atoms with Crippen LogP contribution in [0.25, 0.3) is 10.8 Å². The maximum Gasteiger partial charge on any atom is 1.00 e. The Kier molecular flexibility index (Phi) is 8.94. The molecule has 5 heteroatoms. The second kappa shape index (κ2) is 9.66. The Balaban J connectivity index is 0.00000264. The van der Waals surface area contributed by atoms with Crippen molar-refractivity contribution in [3.8, 4) is 0 Å². The van der Waals surface area contributed by atoms with Gasteiger partial charge in [0.2, 0.25) is 0 Å². The van der Waals surface area contributed by atoms with E-state index in [1.807, 2.05) is 12.1 Å². The van der Waals surface area contributed by atoms with Crippen molar-refractivity contribution >= 4 is 20.9 Å². The molecule has 0 heterocycles. The fraction of sp³-hybridized carbons (Fsp3) is 0.444. The molecule has 120 valence electrons. The quantitative estimate of drug-likeness (QED) is 0.556. The van der Waals surface area contributed by atoms with Gasteiger partial charge < -0.3 is 4.55 Å². The molecule has 0 spiro atoms. The number of unbranched alkanes of at least 4 members (excludes halogenated alkanes) is 2. The van der Waals surface area contributed by atoms with Gasteiger partial charge in [-0.2, -0.15) is 0 Å². The van der Waals surface area contributed by atoms with E-state index in [9.17, 15) is 13.0 Å². The second-order valence-electron chi connectivity index (χ2n) is 5.72. The zero-order valence-corrected chi connectivity index (χ0v) is 18.2. The van der Waals surface area contributed by atoms with E-state index in [0.29, 0.717) is 12.0 Å². The van der Waals surface area contributed by atoms with Gasteiger partial charge in [-0.15, -0.1) is 0 Å². The van der Waals surface area contributed by atoms with E-state index in [0.717, 1.165) is 42.9 Å². The maximum atomic E-state index is 11.6. The normalized spacial score (nSPS) is 11.4. The molecule has 0 atom stereocenters. The van der Waals surface area contributed by atoms with Gasteiger partial charge in [-0.3, -0.25) is 0 Å². The fourth-order valence-corrected chi connectivity index (χ4v) is 3.64. The SMILES string of the molecule is CCCCc1cccc2c(CCCC)c(S(=O)(=O)[O-])ccc12.[K+]. The largest absolute Gasteiger partial charge is 1.00 e. The van der Waals surface area contributed by atoms with Crippen LogP contribution in [0, 0.1) is 0 Å². The summed E-state index contributed by atoms with van der Waals surface area (Å²) in [6.07, 6.45) is 5.66. The fourth-order valence-electron chi connectivity index (χ4n) is 2.90. The molecule has 0 aliphatic carbocycles. The first kappa shape index (κ1) is 21.3. The third kappa shape index (κ3) is 5.36. The van der Waals surface area contributed by atoms with E-state index in [4.69, 9.17) is 0 Å². The Labute approximate surface area is 182 Å². The number of aryl methyl sites for hydroxylation is 2. The second-order valence-corrected chi connectivity index (χ2v) is 7.06. The summed E-state index contributed by atoms with van der Waals surface area (Å²) in [5.41, 5.74) is 1.92. The molecule has 23 heavy (non-hydrogen) atoms. The summed E-state index contributed by atoms with van der Waals surface area (Å²) in [7, 11) is -4.44. The predicted octanol–water partition coefficient (Wildman–Crippen LogP) is 1.43. The van der Waals surface area contributed by atoms with Crippen LogP contribution >= 0.6 is 0 Å². The summed E-state index contributed by atoms with van der Waals surface area (Å²) in [5.74, 6) is 0. The molecule has 0 saturated heterocycles. The van der Waals surface area contributed by atoms with Crippen molar-refractivity contribution in [1.29, 1.82) is 0 Å². The van der Waals surface area contributed by atoms with Gasteiger partial charge in [-0.1, -0.05) is 51.0 Å². The van der Waals surface area contributed by atoms with E-state index in [1.165, 1.54) is 11.6 Å². The van der Waals surface area contributed by atoms with Crippen molar-refractivity contribution in [3.63, 3.8) is 0 Å². The van der Waals surface area contributed by atoms with Gasteiger partial charge in [-0.25, -0.2) is 8.42 Å². The molecule has 0 N–H and O–H groups in total. The summed E-state index contributed by atoms with van der Waals surface area (Å²) in [6.45, 7) is 4.21. The van der Waals surface area contributed by atoms with Crippen molar-refractivity contribution in [2.75, 3.05) is 0 Å². The molecular formula is C18H23KO3S. The van der Waals surface area contributed by atoms with E-state index < -0.39 is 10.1 Å². The summed E-state index contributed by atoms with van der Waals surface area (Å²) >= 11 is 0. The Hall–Kier alpha value is 0.246. The van der Waals surface area contributed by atoms with Crippen LogP contribution in [0.1, 0.15) is 50.7 Å². The van der Waals surface area contributed by atoms with Crippen molar-refractivity contribution in [2.24, 2.45) is 0 Å². The molecule has 0 bridgehead atoms. The van der Waals surface area contributed by atoms with Gasteiger partial charge in [-0.05, 0) is 53.6 Å². The first-order chi connectivity index (χ1) is 10.5. The number of hydrogen-bond acceptors (Lipinski definition) is 3. The molecule has 2 aromatic rings. The van der Waals surface area contributed by atoms with Crippen molar-refractivity contribution in [3.05, 3.63) is 41.5 Å². The molecular weight excluding hydrogens is 335 g/mol. The van der Waals surface area contributed by atoms with Gasteiger partial charge in [0.05, 0.1) is 4.90 Å². The van der Waals surface area contributed by atoms with Gasteiger partial charge in [0, 0.05) is 0 Å². The van der Waals surface area contributed by atoms with Crippen LogP contribution in [0.4, 0.5) is 0 Å². The molecule has 0 aromatic heterocycles. The maximum absolute atomic E-state index is 11.6. The molecule has 0 fully saturated rings. The summed E-state index contributed by atoms with van der Waals surface area (Å²) in [6, 6.07) is 9.27. The van der Waals surface area contributed by atoms with Gasteiger partial charge in [0.15, 0.2) is 0 Å². The summed E-state index contributed by atoms with van der Waals surface area (Å²) < 4.78 is 34.7. The van der Waals surface area contributed by atoms with E-state index in [-0.39, 0.29) is 56.3 Å². The molecule has 0 saturated carbocycles. The average molecular weight is 359 g/mol. The third-order valence-corrected chi connectivity index (χ3v) is 4.99. The number of benzene rings is 2. The topological polar surface area (TPSA) is 57.2 Å². The number of rotatable bonds is 7. The van der Waals surface area contributed by atoms with E-state index >= 15 is 0 Å². The molecule has 0 aliphatic rings. The van der Waals surface area contributed by atoms with Crippen LogP contribution in [-0.4, -0.2) is 13.0 Å². The van der Waals surface area contributed by atoms with E-state index in [2.05, 4.69) is 19.9 Å². The van der Waals surface area contributed by atoms with Crippen LogP contribution < -0.4 is 51.4 Å². The average Bonchev–Trinajstić information content (AvgIpc) is 2.49. The Morgan fingerprint density at radius 1 is 0.913 bits per heavy atom. The number of fused-ring (bicyclic) bond motifs is 1. The minimum Gasteiger partial charge on any atom is -0.744 e. The van der Waals surface area contributed by atoms with Gasteiger partial charge in [0.1, 0.15) is 10.1 Å². The minimum atomic E-state index is -4.44. The molecule has 3 nitrogen and oxygen atoms in total. The molecule has 0 radical (unpaired) electrons. The summed E-state index contributed by atoms with van der Waals surface area (Å²) in [5, 5.41) is 1.99. The smallest absolute Gasteiger partial charge is 0.744 e. The summed E-state index contributed by atoms with van der Waals surface area (Å²) in [4.78, 5) is -0.0545. The van der Waals surface area contributed by atoms with Crippen LogP contribution in [0.2, 0.25) is 0 Å². The number of hydrogen-bond donors (Lipinski definition) is 0. The first-order valence-electron chi connectivity index (χ1n) is 7.98. The Morgan fingerprint density at radius 3 is 2.17 bits per heavy atom. The van der Waals surface area contributed by atoms with Crippen molar-refractivity contribution in [1.82, 2.24) is 0 Å². The molecule has 0 aliphatic heterocycles. The van der Waals surface area contributed by atoms with Crippen LogP contribution in [0.15, 0.2) is 35.2 Å². The minimum absolute atomic E-state index is 0. The Morgan fingerprint density at radius 2 is 1.57 bits per heavy atom. The van der Waals surface area contributed by atoms with Crippen LogP contribution in [0.5, 0.6) is 0 Å².